The minimum Gasteiger partial charge on any atom is -0.308 e. The molecule has 2 aromatic rings. The predicted molar refractivity (Wildman–Crippen MR) is 87.8 cm³/mol. The van der Waals surface area contributed by atoms with Crippen LogP contribution >= 0.6 is 11.3 Å². The number of thiophene rings is 1. The van der Waals surface area contributed by atoms with Crippen LogP contribution in [0.25, 0.3) is 0 Å². The molecule has 1 fully saturated rings. The predicted octanol–water partition coefficient (Wildman–Crippen LogP) is 3.06. The Hall–Kier alpha value is -1.86. The van der Waals surface area contributed by atoms with Gasteiger partial charge in [-0.15, -0.1) is 11.3 Å². The largest absolute Gasteiger partial charge is 0.308 e. The van der Waals surface area contributed by atoms with Crippen molar-refractivity contribution in [2.75, 3.05) is 9.62 Å². The van der Waals surface area contributed by atoms with Gasteiger partial charge < -0.3 is 4.90 Å². The molecule has 7 heteroatoms. The second-order valence-corrected chi connectivity index (χ2v) is 8.03. The van der Waals surface area contributed by atoms with Crippen LogP contribution in [0.5, 0.6) is 0 Å². The van der Waals surface area contributed by atoms with Gasteiger partial charge in [0.25, 0.3) is 10.0 Å². The summed E-state index contributed by atoms with van der Waals surface area (Å²) in [6.07, 6.45) is 1.90. The number of nitrogens with zero attached hydrogens (tertiary/aromatic N) is 1. The van der Waals surface area contributed by atoms with Crippen molar-refractivity contribution in [1.29, 1.82) is 0 Å². The van der Waals surface area contributed by atoms with Crippen molar-refractivity contribution in [2.24, 2.45) is 0 Å². The van der Waals surface area contributed by atoms with Crippen LogP contribution in [0, 0.1) is 0 Å². The van der Waals surface area contributed by atoms with Crippen molar-refractivity contribution >= 4 is 38.6 Å². The molecule has 1 saturated carbocycles. The lowest BCUT2D eigenvalue weighted by atomic mass is 10.2. The molecule has 0 radical (unpaired) electrons. The maximum Gasteiger partial charge on any atom is 0.271 e. The molecule has 0 bridgehead atoms. The summed E-state index contributed by atoms with van der Waals surface area (Å²) in [6, 6.07) is 10.4. The number of hydrogen-bond acceptors (Lipinski definition) is 4. The summed E-state index contributed by atoms with van der Waals surface area (Å²) in [4.78, 5) is 13.6. The lowest BCUT2D eigenvalue weighted by molar-refractivity contribution is -0.116. The van der Waals surface area contributed by atoms with E-state index in [4.69, 9.17) is 0 Å². The Labute approximate surface area is 133 Å². The number of rotatable bonds is 5. The van der Waals surface area contributed by atoms with E-state index in [1.165, 1.54) is 6.92 Å². The van der Waals surface area contributed by atoms with Crippen LogP contribution in [-0.2, 0) is 14.8 Å². The van der Waals surface area contributed by atoms with Gasteiger partial charge in [0, 0.05) is 13.0 Å². The molecule has 1 amide bonds. The van der Waals surface area contributed by atoms with Gasteiger partial charge in [-0.1, -0.05) is 18.2 Å². The van der Waals surface area contributed by atoms with E-state index in [0.29, 0.717) is 11.4 Å². The van der Waals surface area contributed by atoms with Crippen LogP contribution in [0.3, 0.4) is 0 Å². The van der Waals surface area contributed by atoms with E-state index in [2.05, 4.69) is 4.72 Å². The lowest BCUT2D eigenvalue weighted by Crippen LogP contribution is -2.31. The van der Waals surface area contributed by atoms with Gasteiger partial charge in [0.1, 0.15) is 4.21 Å². The molecule has 1 heterocycles. The van der Waals surface area contributed by atoms with Crippen LogP contribution in [0.1, 0.15) is 19.8 Å². The molecule has 1 aliphatic rings. The summed E-state index contributed by atoms with van der Waals surface area (Å²) in [5.41, 5.74) is 1.04. The van der Waals surface area contributed by atoms with Crippen LogP contribution in [0.4, 0.5) is 11.4 Å². The highest BCUT2D eigenvalue weighted by atomic mass is 32.2. The van der Waals surface area contributed by atoms with Crippen molar-refractivity contribution in [3.63, 3.8) is 0 Å². The Morgan fingerprint density at radius 3 is 2.55 bits per heavy atom. The lowest BCUT2D eigenvalue weighted by Gasteiger charge is -2.24. The van der Waals surface area contributed by atoms with E-state index in [-0.39, 0.29) is 16.2 Å². The number of benzene rings is 1. The van der Waals surface area contributed by atoms with Crippen LogP contribution in [-0.4, -0.2) is 20.4 Å². The van der Waals surface area contributed by atoms with E-state index in [1.807, 2.05) is 0 Å². The van der Waals surface area contributed by atoms with Crippen molar-refractivity contribution in [3.05, 3.63) is 41.8 Å². The number of hydrogen-bond donors (Lipinski definition) is 1. The summed E-state index contributed by atoms with van der Waals surface area (Å²) in [7, 11) is -3.63. The zero-order chi connectivity index (χ0) is 15.7. The molecule has 0 unspecified atom stereocenters. The Kier molecular flexibility index (Phi) is 3.92. The van der Waals surface area contributed by atoms with Gasteiger partial charge in [-0.2, -0.15) is 0 Å². The molecule has 5 nitrogen and oxygen atoms in total. The maximum absolute atomic E-state index is 12.4. The van der Waals surface area contributed by atoms with Gasteiger partial charge in [-0.3, -0.25) is 9.52 Å². The first-order valence-electron chi connectivity index (χ1n) is 6.94. The molecule has 1 aromatic heterocycles. The average Bonchev–Trinajstić information content (AvgIpc) is 3.12. The fourth-order valence-electron chi connectivity index (χ4n) is 2.34. The van der Waals surface area contributed by atoms with Crippen molar-refractivity contribution in [3.8, 4) is 0 Å². The highest BCUT2D eigenvalue weighted by Gasteiger charge is 2.33. The molecular formula is C15H16N2O3S2. The SMILES string of the molecule is CC(=O)N(c1ccccc1NS(=O)(=O)c1cccs1)C1CC1. The molecule has 0 spiro atoms. The number of amides is 1. The molecule has 1 aliphatic carbocycles. The number of carbonyl (C=O) groups excluding carboxylic acids is 1. The van der Waals surface area contributed by atoms with E-state index in [9.17, 15) is 13.2 Å². The monoisotopic (exact) mass is 336 g/mol. The first kappa shape index (κ1) is 15.1. The Morgan fingerprint density at radius 1 is 1.23 bits per heavy atom. The summed E-state index contributed by atoms with van der Waals surface area (Å²) >= 11 is 1.16. The third kappa shape index (κ3) is 3.00. The standard InChI is InChI=1S/C15H16N2O3S2/c1-11(18)17(12-8-9-12)14-6-3-2-5-13(14)16-22(19,20)15-7-4-10-21-15/h2-7,10,12,16H,8-9H2,1H3. The summed E-state index contributed by atoms with van der Waals surface area (Å²) in [5, 5.41) is 1.71. The van der Waals surface area contributed by atoms with Crippen LogP contribution < -0.4 is 9.62 Å². The molecule has 1 aromatic carbocycles. The normalized spacial score (nSPS) is 14.6. The molecule has 116 valence electrons. The molecule has 0 saturated heterocycles. The van der Waals surface area contributed by atoms with E-state index in [1.54, 1.807) is 46.7 Å². The zero-order valence-electron chi connectivity index (χ0n) is 12.0. The van der Waals surface area contributed by atoms with Gasteiger partial charge >= 0.3 is 0 Å². The number of carbonyl (C=O) groups is 1. The maximum atomic E-state index is 12.4. The third-order valence-corrected chi connectivity index (χ3v) is 6.18. The molecule has 0 atom stereocenters. The average molecular weight is 336 g/mol. The highest BCUT2D eigenvalue weighted by Crippen LogP contribution is 2.36. The quantitative estimate of drug-likeness (QED) is 0.912. The fraction of sp³-hybridized carbons (Fsp3) is 0.267. The van der Waals surface area contributed by atoms with Crippen molar-refractivity contribution < 1.29 is 13.2 Å². The summed E-state index contributed by atoms with van der Waals surface area (Å²) < 4.78 is 27.6. The van der Waals surface area contributed by atoms with E-state index in [0.717, 1.165) is 24.2 Å². The van der Waals surface area contributed by atoms with E-state index >= 15 is 0 Å². The number of anilines is 2. The van der Waals surface area contributed by atoms with Crippen LogP contribution in [0.15, 0.2) is 46.0 Å². The van der Waals surface area contributed by atoms with Gasteiger partial charge in [-0.05, 0) is 36.4 Å². The van der Waals surface area contributed by atoms with E-state index < -0.39 is 10.0 Å². The number of sulfonamides is 1. The van der Waals surface area contributed by atoms with Crippen molar-refractivity contribution in [1.82, 2.24) is 0 Å². The van der Waals surface area contributed by atoms with Gasteiger partial charge in [-0.25, -0.2) is 8.42 Å². The molecule has 1 N–H and O–H groups in total. The minimum atomic E-state index is -3.63. The molecule has 22 heavy (non-hydrogen) atoms. The third-order valence-electron chi connectivity index (χ3n) is 3.42. The Bertz CT molecular complexity index is 781. The number of para-hydroxylation sites is 2. The van der Waals surface area contributed by atoms with Gasteiger partial charge in [0.05, 0.1) is 11.4 Å². The Morgan fingerprint density at radius 2 is 1.95 bits per heavy atom. The first-order valence-corrected chi connectivity index (χ1v) is 9.30. The van der Waals surface area contributed by atoms with Crippen molar-refractivity contribution in [2.45, 2.75) is 30.0 Å². The molecule has 0 aliphatic heterocycles. The minimum absolute atomic E-state index is 0.0785. The topological polar surface area (TPSA) is 66.5 Å². The Balaban J connectivity index is 1.97. The zero-order valence-corrected chi connectivity index (χ0v) is 13.7. The smallest absolute Gasteiger partial charge is 0.271 e. The second kappa shape index (κ2) is 5.73. The van der Waals surface area contributed by atoms with Crippen LogP contribution in [0.2, 0.25) is 0 Å². The molecular weight excluding hydrogens is 320 g/mol. The highest BCUT2D eigenvalue weighted by molar-refractivity contribution is 7.94. The van der Waals surface area contributed by atoms with Gasteiger partial charge in [0.2, 0.25) is 5.91 Å². The fourth-order valence-corrected chi connectivity index (χ4v) is 4.40. The summed E-state index contributed by atoms with van der Waals surface area (Å²) in [5.74, 6) is -0.0785. The summed E-state index contributed by atoms with van der Waals surface area (Å²) in [6.45, 7) is 1.50. The second-order valence-electron chi connectivity index (χ2n) is 5.17. The van der Waals surface area contributed by atoms with Gasteiger partial charge in [0.15, 0.2) is 0 Å². The first-order chi connectivity index (χ1) is 10.5. The molecule has 3 rings (SSSR count). The number of nitrogens with one attached hydrogen (secondary N) is 1.